The van der Waals surface area contributed by atoms with Crippen LogP contribution in [0.2, 0.25) is 0 Å². The second-order valence-electron chi connectivity index (χ2n) is 6.02. The van der Waals surface area contributed by atoms with Crippen molar-refractivity contribution in [1.29, 1.82) is 0 Å². The summed E-state index contributed by atoms with van der Waals surface area (Å²) >= 11 is 0. The summed E-state index contributed by atoms with van der Waals surface area (Å²) in [6.45, 7) is 12.2. The van der Waals surface area contributed by atoms with Crippen molar-refractivity contribution >= 4 is 0 Å². The van der Waals surface area contributed by atoms with Gasteiger partial charge in [0.15, 0.2) is 0 Å². The Morgan fingerprint density at radius 1 is 1.25 bits per heavy atom. The van der Waals surface area contributed by atoms with Gasteiger partial charge in [0.2, 0.25) is 0 Å². The zero-order chi connectivity index (χ0) is 12.2. The molecule has 92 valence electrons. The smallest absolute Gasteiger partial charge is 0.104 e. The lowest BCUT2D eigenvalue weighted by Gasteiger charge is -2.32. The highest BCUT2D eigenvalue weighted by molar-refractivity contribution is 5.02. The molecule has 2 heteroatoms. The molecule has 0 saturated heterocycles. The van der Waals surface area contributed by atoms with Gasteiger partial charge in [0.1, 0.15) is 5.76 Å². The van der Waals surface area contributed by atoms with Gasteiger partial charge in [-0.25, -0.2) is 0 Å². The summed E-state index contributed by atoms with van der Waals surface area (Å²) in [5.74, 6) is 1.08. The van der Waals surface area contributed by atoms with Gasteiger partial charge in [0, 0.05) is 18.5 Å². The van der Waals surface area contributed by atoms with Crippen LogP contribution >= 0.6 is 0 Å². The molecular weight excluding hydrogens is 198 g/mol. The number of rotatable bonds is 5. The first-order chi connectivity index (χ1) is 7.35. The molecule has 0 amide bonds. The number of hydrogen-bond donors (Lipinski definition) is 1. The summed E-state index contributed by atoms with van der Waals surface area (Å²) in [6.07, 6.45) is 3.90. The van der Waals surface area contributed by atoms with E-state index in [0.717, 1.165) is 25.1 Å². The van der Waals surface area contributed by atoms with Gasteiger partial charge in [0.05, 0.1) is 6.26 Å². The van der Waals surface area contributed by atoms with Crippen molar-refractivity contribution in [3.8, 4) is 0 Å². The number of furan rings is 1. The molecule has 0 radical (unpaired) electrons. The fraction of sp³-hybridized carbons (Fsp3) is 0.714. The van der Waals surface area contributed by atoms with Crippen molar-refractivity contribution in [2.24, 2.45) is 5.41 Å². The zero-order valence-electron chi connectivity index (χ0n) is 11.3. The Labute approximate surface area is 99.4 Å². The molecule has 0 saturated carbocycles. The van der Waals surface area contributed by atoms with Gasteiger partial charge in [-0.05, 0) is 44.7 Å². The highest BCUT2D eigenvalue weighted by Gasteiger charge is 2.25. The van der Waals surface area contributed by atoms with Gasteiger partial charge in [0.25, 0.3) is 0 Å². The Balaban J connectivity index is 2.56. The van der Waals surface area contributed by atoms with Crippen molar-refractivity contribution < 1.29 is 4.42 Å². The Morgan fingerprint density at radius 3 is 2.38 bits per heavy atom. The molecule has 0 aliphatic rings. The van der Waals surface area contributed by atoms with Crippen LogP contribution in [0.15, 0.2) is 22.8 Å². The van der Waals surface area contributed by atoms with Crippen molar-refractivity contribution in [3.63, 3.8) is 0 Å². The van der Waals surface area contributed by atoms with Crippen LogP contribution in [-0.4, -0.2) is 12.1 Å². The summed E-state index contributed by atoms with van der Waals surface area (Å²) in [4.78, 5) is 0. The quantitative estimate of drug-likeness (QED) is 0.824. The van der Waals surface area contributed by atoms with E-state index >= 15 is 0 Å². The molecule has 1 aromatic heterocycles. The normalized spacial score (nSPS) is 16.1. The van der Waals surface area contributed by atoms with E-state index < -0.39 is 0 Å². The average Bonchev–Trinajstić information content (AvgIpc) is 2.66. The molecule has 1 atom stereocenters. The molecule has 1 aromatic rings. The van der Waals surface area contributed by atoms with Crippen LogP contribution in [0.4, 0.5) is 0 Å². The minimum Gasteiger partial charge on any atom is -0.469 e. The maximum absolute atomic E-state index is 5.44. The van der Waals surface area contributed by atoms with Crippen molar-refractivity contribution in [2.45, 2.75) is 53.0 Å². The van der Waals surface area contributed by atoms with Crippen LogP contribution in [0.1, 0.15) is 46.8 Å². The molecule has 2 nitrogen and oxygen atoms in total. The Kier molecular flexibility index (Phi) is 4.20. The molecule has 0 aliphatic carbocycles. The van der Waals surface area contributed by atoms with E-state index in [2.05, 4.69) is 46.0 Å². The average molecular weight is 223 g/mol. The molecule has 16 heavy (non-hydrogen) atoms. The number of nitrogens with one attached hydrogen (secondary N) is 1. The zero-order valence-corrected chi connectivity index (χ0v) is 11.3. The molecular formula is C14H25NO. The van der Waals surface area contributed by atoms with Gasteiger partial charge in [-0.3, -0.25) is 0 Å². The van der Waals surface area contributed by atoms with Crippen LogP contribution in [-0.2, 0) is 6.42 Å². The molecule has 0 aromatic carbocycles. The standard InChI is InChI=1S/C14H25NO/c1-6-14(5,11-15-13(2,3)4)10-12-8-7-9-16-12/h7-9,15H,6,10-11H2,1-5H3. The topological polar surface area (TPSA) is 25.2 Å². The minimum atomic E-state index is 0.180. The predicted molar refractivity (Wildman–Crippen MR) is 68.6 cm³/mol. The van der Waals surface area contributed by atoms with Gasteiger partial charge in [-0.2, -0.15) is 0 Å². The van der Waals surface area contributed by atoms with Gasteiger partial charge in [-0.1, -0.05) is 13.8 Å². The van der Waals surface area contributed by atoms with Gasteiger partial charge >= 0.3 is 0 Å². The fourth-order valence-corrected chi connectivity index (χ4v) is 1.62. The maximum atomic E-state index is 5.44. The molecule has 0 fully saturated rings. The summed E-state index contributed by atoms with van der Waals surface area (Å²) in [5.41, 5.74) is 0.449. The lowest BCUT2D eigenvalue weighted by atomic mass is 9.82. The Hall–Kier alpha value is -0.760. The van der Waals surface area contributed by atoms with E-state index in [-0.39, 0.29) is 11.0 Å². The van der Waals surface area contributed by atoms with Gasteiger partial charge < -0.3 is 9.73 Å². The van der Waals surface area contributed by atoms with E-state index in [9.17, 15) is 0 Å². The van der Waals surface area contributed by atoms with Crippen molar-refractivity contribution in [3.05, 3.63) is 24.2 Å². The third-order valence-corrected chi connectivity index (χ3v) is 3.08. The lowest BCUT2D eigenvalue weighted by Crippen LogP contribution is -2.43. The van der Waals surface area contributed by atoms with E-state index in [1.807, 2.05) is 6.07 Å². The second kappa shape index (κ2) is 5.05. The summed E-state index contributed by atoms with van der Waals surface area (Å²) in [6, 6.07) is 4.02. The first-order valence-corrected chi connectivity index (χ1v) is 6.12. The molecule has 1 rings (SSSR count). The van der Waals surface area contributed by atoms with Crippen LogP contribution in [0.5, 0.6) is 0 Å². The Morgan fingerprint density at radius 2 is 1.94 bits per heavy atom. The van der Waals surface area contributed by atoms with Crippen LogP contribution in [0.25, 0.3) is 0 Å². The van der Waals surface area contributed by atoms with Crippen molar-refractivity contribution in [2.75, 3.05) is 6.54 Å². The first-order valence-electron chi connectivity index (χ1n) is 6.12. The van der Waals surface area contributed by atoms with E-state index in [1.54, 1.807) is 6.26 Å². The molecule has 0 bridgehead atoms. The van der Waals surface area contributed by atoms with E-state index in [0.29, 0.717) is 0 Å². The summed E-state index contributed by atoms with van der Waals surface area (Å²) in [5, 5.41) is 3.58. The molecule has 0 spiro atoms. The van der Waals surface area contributed by atoms with E-state index in [4.69, 9.17) is 4.42 Å². The third kappa shape index (κ3) is 4.40. The second-order valence-corrected chi connectivity index (χ2v) is 6.02. The molecule has 1 unspecified atom stereocenters. The monoisotopic (exact) mass is 223 g/mol. The highest BCUT2D eigenvalue weighted by atomic mass is 16.3. The van der Waals surface area contributed by atoms with Crippen LogP contribution in [0.3, 0.4) is 0 Å². The molecule has 1 N–H and O–H groups in total. The van der Waals surface area contributed by atoms with Crippen molar-refractivity contribution in [1.82, 2.24) is 5.32 Å². The predicted octanol–water partition coefficient (Wildman–Crippen LogP) is 3.63. The Bertz CT molecular complexity index is 297. The summed E-state index contributed by atoms with van der Waals surface area (Å²) < 4.78 is 5.44. The highest BCUT2D eigenvalue weighted by Crippen LogP contribution is 2.26. The third-order valence-electron chi connectivity index (χ3n) is 3.08. The van der Waals surface area contributed by atoms with Gasteiger partial charge in [-0.15, -0.1) is 0 Å². The van der Waals surface area contributed by atoms with E-state index in [1.165, 1.54) is 0 Å². The SMILES string of the molecule is CCC(C)(CNC(C)(C)C)Cc1ccco1. The largest absolute Gasteiger partial charge is 0.469 e. The maximum Gasteiger partial charge on any atom is 0.104 e. The summed E-state index contributed by atoms with van der Waals surface area (Å²) in [7, 11) is 0. The molecule has 1 heterocycles. The van der Waals surface area contributed by atoms with Crippen LogP contribution < -0.4 is 5.32 Å². The van der Waals surface area contributed by atoms with Crippen LogP contribution in [0, 0.1) is 5.41 Å². The first kappa shape index (κ1) is 13.3. The number of hydrogen-bond acceptors (Lipinski definition) is 2. The lowest BCUT2D eigenvalue weighted by molar-refractivity contribution is 0.240. The minimum absolute atomic E-state index is 0.180. The fourth-order valence-electron chi connectivity index (χ4n) is 1.62. The molecule has 0 aliphatic heterocycles.